The fourth-order valence-corrected chi connectivity index (χ4v) is 2.88. The predicted octanol–water partition coefficient (Wildman–Crippen LogP) is 2.55. The molecule has 2 aliphatic rings. The molecule has 1 aliphatic heterocycles. The molecule has 88 valence electrons. The Morgan fingerprint density at radius 3 is 2.88 bits per heavy atom. The molecular weight excluding hydrogens is 230 g/mol. The quantitative estimate of drug-likeness (QED) is 0.747. The van der Waals surface area contributed by atoms with Gasteiger partial charge in [0, 0.05) is 17.6 Å². The summed E-state index contributed by atoms with van der Waals surface area (Å²) >= 11 is 5.18. The van der Waals surface area contributed by atoms with Crippen LogP contribution in [0, 0.1) is 5.92 Å². The maximum absolute atomic E-state index is 5.18. The minimum absolute atomic E-state index is 0.478. The van der Waals surface area contributed by atoms with Gasteiger partial charge in [0.1, 0.15) is 5.84 Å². The van der Waals surface area contributed by atoms with E-state index >= 15 is 0 Å². The Morgan fingerprint density at radius 1 is 1.24 bits per heavy atom. The Labute approximate surface area is 106 Å². The summed E-state index contributed by atoms with van der Waals surface area (Å²) < 4.78 is 0. The number of hydrogen-bond donors (Lipinski definition) is 2. The van der Waals surface area contributed by atoms with E-state index in [-0.39, 0.29) is 0 Å². The van der Waals surface area contributed by atoms with Crippen LogP contribution >= 0.6 is 12.2 Å². The summed E-state index contributed by atoms with van der Waals surface area (Å²) in [5.74, 6) is 1.52. The van der Waals surface area contributed by atoms with Crippen LogP contribution in [0.3, 0.4) is 0 Å². The van der Waals surface area contributed by atoms with E-state index in [1.807, 2.05) is 18.2 Å². The Kier molecular flexibility index (Phi) is 2.81. The van der Waals surface area contributed by atoms with Crippen LogP contribution in [0.25, 0.3) is 0 Å². The van der Waals surface area contributed by atoms with E-state index in [9.17, 15) is 0 Å². The molecule has 2 atom stereocenters. The van der Waals surface area contributed by atoms with Gasteiger partial charge in [0.2, 0.25) is 0 Å². The SMILES string of the molecule is S=C1N=C(Nc2ccccc2)C2CCCC2N1. The van der Waals surface area contributed by atoms with Crippen LogP contribution in [0.2, 0.25) is 0 Å². The van der Waals surface area contributed by atoms with E-state index in [0.717, 1.165) is 11.5 Å². The number of nitrogens with zero attached hydrogens (tertiary/aromatic N) is 1. The van der Waals surface area contributed by atoms with Gasteiger partial charge in [0.15, 0.2) is 5.11 Å². The van der Waals surface area contributed by atoms with Gasteiger partial charge >= 0.3 is 0 Å². The Bertz CT molecular complexity index is 455. The first-order valence-electron chi connectivity index (χ1n) is 6.04. The lowest BCUT2D eigenvalue weighted by Crippen LogP contribution is -2.46. The Hall–Kier alpha value is -1.42. The van der Waals surface area contributed by atoms with Crippen molar-refractivity contribution >= 4 is 28.9 Å². The number of rotatable bonds is 1. The van der Waals surface area contributed by atoms with Gasteiger partial charge in [-0.05, 0) is 37.2 Å². The summed E-state index contributed by atoms with van der Waals surface area (Å²) in [4.78, 5) is 4.45. The van der Waals surface area contributed by atoms with Crippen LogP contribution in [0.5, 0.6) is 0 Å². The van der Waals surface area contributed by atoms with E-state index in [1.165, 1.54) is 19.3 Å². The van der Waals surface area contributed by atoms with Crippen LogP contribution in [0.1, 0.15) is 19.3 Å². The minimum Gasteiger partial charge on any atom is -0.357 e. The molecule has 0 radical (unpaired) electrons. The monoisotopic (exact) mass is 245 g/mol. The van der Waals surface area contributed by atoms with E-state index < -0.39 is 0 Å². The molecule has 17 heavy (non-hydrogen) atoms. The molecule has 1 aliphatic carbocycles. The van der Waals surface area contributed by atoms with Gasteiger partial charge in [-0.1, -0.05) is 24.6 Å². The molecule has 1 aromatic rings. The first kappa shape index (κ1) is 10.7. The third-order valence-electron chi connectivity index (χ3n) is 3.44. The van der Waals surface area contributed by atoms with Crippen LogP contribution in [-0.4, -0.2) is 17.0 Å². The van der Waals surface area contributed by atoms with Crippen molar-refractivity contribution in [1.82, 2.24) is 5.32 Å². The maximum atomic E-state index is 5.18. The largest absolute Gasteiger partial charge is 0.357 e. The Morgan fingerprint density at radius 2 is 2.06 bits per heavy atom. The lowest BCUT2D eigenvalue weighted by Gasteiger charge is -2.28. The summed E-state index contributed by atoms with van der Waals surface area (Å²) in [5.41, 5.74) is 1.08. The van der Waals surface area contributed by atoms with E-state index in [0.29, 0.717) is 17.1 Å². The van der Waals surface area contributed by atoms with Crippen LogP contribution in [0.4, 0.5) is 5.69 Å². The maximum Gasteiger partial charge on any atom is 0.194 e. The highest BCUT2D eigenvalue weighted by Crippen LogP contribution is 2.29. The smallest absolute Gasteiger partial charge is 0.194 e. The molecule has 0 saturated heterocycles. The molecule has 3 rings (SSSR count). The highest BCUT2D eigenvalue weighted by Gasteiger charge is 2.34. The normalized spacial score (nSPS) is 27.1. The van der Waals surface area contributed by atoms with Gasteiger partial charge < -0.3 is 10.6 Å². The number of aliphatic imine (C=N–C) groups is 1. The summed E-state index contributed by atoms with van der Waals surface area (Å²) in [7, 11) is 0. The Balaban J connectivity index is 1.83. The topological polar surface area (TPSA) is 36.4 Å². The first-order valence-corrected chi connectivity index (χ1v) is 6.45. The van der Waals surface area contributed by atoms with Crippen molar-refractivity contribution in [3.63, 3.8) is 0 Å². The number of thiocarbonyl (C=S) groups is 1. The number of fused-ring (bicyclic) bond motifs is 1. The highest BCUT2D eigenvalue weighted by atomic mass is 32.1. The van der Waals surface area contributed by atoms with Crippen molar-refractivity contribution in [2.75, 3.05) is 5.32 Å². The average Bonchev–Trinajstić information content (AvgIpc) is 2.78. The number of para-hydroxylation sites is 1. The number of amidine groups is 1. The van der Waals surface area contributed by atoms with Gasteiger partial charge in [-0.15, -0.1) is 0 Å². The number of anilines is 1. The average molecular weight is 245 g/mol. The summed E-state index contributed by atoms with van der Waals surface area (Å²) in [5, 5.41) is 7.32. The van der Waals surface area contributed by atoms with Gasteiger partial charge in [-0.2, -0.15) is 0 Å². The highest BCUT2D eigenvalue weighted by molar-refractivity contribution is 7.80. The van der Waals surface area contributed by atoms with Crippen molar-refractivity contribution in [2.45, 2.75) is 25.3 Å². The van der Waals surface area contributed by atoms with Gasteiger partial charge in [0.05, 0.1) is 0 Å². The molecule has 1 aromatic carbocycles. The third kappa shape index (κ3) is 2.17. The van der Waals surface area contributed by atoms with Crippen molar-refractivity contribution in [3.8, 4) is 0 Å². The standard InChI is InChI=1S/C13H15N3S/c17-13-15-11-8-4-7-10(11)12(16-13)14-9-5-2-1-3-6-9/h1-3,5-6,10-11H,4,7-8H2,(H2,14,15,16,17). The number of hydrogen-bond acceptors (Lipinski definition) is 2. The lowest BCUT2D eigenvalue weighted by molar-refractivity contribution is 0.547. The van der Waals surface area contributed by atoms with Crippen LogP contribution in [0.15, 0.2) is 35.3 Å². The van der Waals surface area contributed by atoms with Crippen molar-refractivity contribution in [1.29, 1.82) is 0 Å². The zero-order valence-electron chi connectivity index (χ0n) is 9.52. The van der Waals surface area contributed by atoms with Crippen molar-refractivity contribution in [2.24, 2.45) is 10.9 Å². The van der Waals surface area contributed by atoms with E-state index in [4.69, 9.17) is 12.2 Å². The molecule has 4 heteroatoms. The lowest BCUT2D eigenvalue weighted by atomic mass is 10.0. The molecule has 0 amide bonds. The summed E-state index contributed by atoms with van der Waals surface area (Å²) in [6, 6.07) is 10.6. The molecule has 2 N–H and O–H groups in total. The third-order valence-corrected chi connectivity index (χ3v) is 3.65. The second-order valence-corrected chi connectivity index (χ2v) is 4.97. The van der Waals surface area contributed by atoms with Gasteiger partial charge in [0.25, 0.3) is 0 Å². The molecule has 1 fully saturated rings. The summed E-state index contributed by atoms with van der Waals surface area (Å²) in [6.45, 7) is 0. The number of nitrogens with one attached hydrogen (secondary N) is 2. The molecule has 1 heterocycles. The van der Waals surface area contributed by atoms with E-state index in [2.05, 4.69) is 27.8 Å². The van der Waals surface area contributed by atoms with Crippen molar-refractivity contribution < 1.29 is 0 Å². The van der Waals surface area contributed by atoms with E-state index in [1.54, 1.807) is 0 Å². The fraction of sp³-hybridized carbons (Fsp3) is 0.385. The molecular formula is C13H15N3S. The molecule has 3 nitrogen and oxygen atoms in total. The second-order valence-electron chi connectivity index (χ2n) is 4.58. The predicted molar refractivity (Wildman–Crippen MR) is 74.4 cm³/mol. The van der Waals surface area contributed by atoms with Crippen LogP contribution in [-0.2, 0) is 0 Å². The van der Waals surface area contributed by atoms with Crippen LogP contribution < -0.4 is 10.6 Å². The molecule has 0 aromatic heterocycles. The zero-order chi connectivity index (χ0) is 11.7. The second kappa shape index (κ2) is 4.45. The molecule has 0 spiro atoms. The minimum atomic E-state index is 0.478. The van der Waals surface area contributed by atoms with Gasteiger partial charge in [-0.3, -0.25) is 0 Å². The first-order chi connectivity index (χ1) is 8.33. The summed E-state index contributed by atoms with van der Waals surface area (Å²) in [6.07, 6.45) is 3.64. The fourth-order valence-electron chi connectivity index (χ4n) is 2.63. The molecule has 0 bridgehead atoms. The number of benzene rings is 1. The molecule has 2 unspecified atom stereocenters. The van der Waals surface area contributed by atoms with Crippen molar-refractivity contribution in [3.05, 3.63) is 30.3 Å². The molecule has 1 saturated carbocycles. The zero-order valence-corrected chi connectivity index (χ0v) is 10.3. The van der Waals surface area contributed by atoms with Gasteiger partial charge in [-0.25, -0.2) is 4.99 Å².